The monoisotopic (exact) mass is 402 g/mol. The Hall–Kier alpha value is -2.27. The Morgan fingerprint density at radius 2 is 1.89 bits per heavy atom. The Labute approximate surface area is 171 Å². The number of carbonyl (C=O) groups is 1. The fourth-order valence-electron chi connectivity index (χ4n) is 3.17. The fourth-order valence-corrected chi connectivity index (χ4v) is 3.35. The number of carbonyl (C=O) groups excluding carboxylic acids is 1. The summed E-state index contributed by atoms with van der Waals surface area (Å²) in [4.78, 5) is 18.2. The van der Waals surface area contributed by atoms with Crippen LogP contribution in [0, 0.1) is 5.92 Å². The first-order chi connectivity index (χ1) is 13.5. The van der Waals surface area contributed by atoms with Gasteiger partial charge in [-0.1, -0.05) is 24.3 Å². The van der Waals surface area contributed by atoms with Crippen molar-refractivity contribution >= 4 is 17.7 Å². The average Bonchev–Trinajstić information content (AvgIpc) is 2.72. The summed E-state index contributed by atoms with van der Waals surface area (Å²) in [6.45, 7) is 5.81. The first-order valence-electron chi connectivity index (χ1n) is 9.75. The highest BCUT2D eigenvalue weighted by Crippen LogP contribution is 2.23. The third kappa shape index (κ3) is 5.61. The predicted octanol–water partition coefficient (Wildman–Crippen LogP) is 5.12. The van der Waals surface area contributed by atoms with Gasteiger partial charge in [0.15, 0.2) is 0 Å². The van der Waals surface area contributed by atoms with E-state index in [1.807, 2.05) is 50.2 Å². The summed E-state index contributed by atoms with van der Waals surface area (Å²) in [5, 5.41) is 0. The minimum atomic E-state index is -0.215. The number of hydrogen-bond donors (Lipinski definition) is 0. The number of likely N-dealkylation sites (tertiary alicyclic amines) is 1. The van der Waals surface area contributed by atoms with E-state index in [0.29, 0.717) is 18.4 Å². The molecule has 1 aromatic carbocycles. The topological polar surface area (TPSA) is 51.7 Å². The minimum absolute atomic E-state index is 0.0812. The zero-order valence-corrected chi connectivity index (χ0v) is 17.2. The summed E-state index contributed by atoms with van der Waals surface area (Å²) in [5.74, 6) is 1.71. The van der Waals surface area contributed by atoms with Gasteiger partial charge in [0, 0.05) is 24.5 Å². The molecule has 150 valence electrons. The number of hydrogen-bond acceptors (Lipinski definition) is 4. The van der Waals surface area contributed by atoms with Gasteiger partial charge in [-0.15, -0.1) is 11.6 Å². The second-order valence-corrected chi connectivity index (χ2v) is 7.65. The third-order valence-electron chi connectivity index (χ3n) is 4.84. The molecule has 0 N–H and O–H groups in total. The van der Waals surface area contributed by atoms with Crippen LogP contribution in [-0.2, 0) is 10.6 Å². The van der Waals surface area contributed by atoms with Gasteiger partial charge in [0.2, 0.25) is 0 Å². The van der Waals surface area contributed by atoms with Crippen LogP contribution in [-0.4, -0.2) is 41.8 Å². The first kappa shape index (κ1) is 20.5. The average molecular weight is 403 g/mol. The van der Waals surface area contributed by atoms with Crippen LogP contribution in [0.25, 0.3) is 11.3 Å². The Morgan fingerprint density at radius 1 is 1.18 bits per heavy atom. The molecule has 1 aromatic heterocycles. The zero-order valence-electron chi connectivity index (χ0n) is 16.4. The molecule has 0 atom stereocenters. The second-order valence-electron chi connectivity index (χ2n) is 7.38. The van der Waals surface area contributed by atoms with Crippen molar-refractivity contribution < 1.29 is 14.3 Å². The quantitative estimate of drug-likeness (QED) is 0.629. The van der Waals surface area contributed by atoms with E-state index in [4.69, 9.17) is 21.1 Å². The molecule has 0 bridgehead atoms. The lowest BCUT2D eigenvalue weighted by Crippen LogP contribution is -2.40. The molecule has 0 saturated carbocycles. The summed E-state index contributed by atoms with van der Waals surface area (Å²) < 4.78 is 11.2. The maximum Gasteiger partial charge on any atom is 0.410 e. The van der Waals surface area contributed by atoms with Crippen LogP contribution < -0.4 is 4.74 Å². The van der Waals surface area contributed by atoms with E-state index < -0.39 is 0 Å². The molecule has 0 aliphatic carbocycles. The van der Waals surface area contributed by atoms with Gasteiger partial charge in [0.05, 0.1) is 24.6 Å². The van der Waals surface area contributed by atoms with E-state index in [1.165, 1.54) is 0 Å². The zero-order chi connectivity index (χ0) is 19.9. The fraction of sp³-hybridized carbons (Fsp3) is 0.455. The Balaban J connectivity index is 1.46. The van der Waals surface area contributed by atoms with Crippen molar-refractivity contribution in [3.63, 3.8) is 0 Å². The van der Waals surface area contributed by atoms with Crippen LogP contribution in [0.1, 0.15) is 32.3 Å². The largest absolute Gasteiger partial charge is 0.492 e. The van der Waals surface area contributed by atoms with Gasteiger partial charge >= 0.3 is 6.09 Å². The number of ether oxygens (including phenoxy) is 2. The summed E-state index contributed by atoms with van der Waals surface area (Å²) in [6.07, 6.45) is 3.31. The Kier molecular flexibility index (Phi) is 7.15. The van der Waals surface area contributed by atoms with Gasteiger partial charge in [0.1, 0.15) is 5.75 Å². The molecule has 6 heteroatoms. The maximum atomic E-state index is 11.9. The molecular weight excluding hydrogens is 376 g/mol. The molecule has 0 radical (unpaired) electrons. The molecule has 2 heterocycles. The highest BCUT2D eigenvalue weighted by atomic mass is 35.5. The van der Waals surface area contributed by atoms with Crippen LogP contribution in [0.2, 0.25) is 0 Å². The van der Waals surface area contributed by atoms with Crippen LogP contribution in [0.4, 0.5) is 4.79 Å². The molecule has 28 heavy (non-hydrogen) atoms. The van der Waals surface area contributed by atoms with Crippen LogP contribution in [0.3, 0.4) is 0 Å². The van der Waals surface area contributed by atoms with Gasteiger partial charge in [0.25, 0.3) is 0 Å². The number of halogens is 1. The normalized spacial score (nSPS) is 14.9. The van der Waals surface area contributed by atoms with Crippen molar-refractivity contribution in [3.05, 3.63) is 48.2 Å². The Morgan fingerprint density at radius 3 is 2.46 bits per heavy atom. The number of nitrogens with zero attached hydrogens (tertiary/aromatic N) is 2. The van der Waals surface area contributed by atoms with E-state index in [-0.39, 0.29) is 12.2 Å². The molecule has 3 rings (SSSR count). The summed E-state index contributed by atoms with van der Waals surface area (Å²) in [6, 6.07) is 12.0. The van der Waals surface area contributed by atoms with E-state index in [9.17, 15) is 4.79 Å². The maximum absolute atomic E-state index is 11.9. The van der Waals surface area contributed by atoms with E-state index >= 15 is 0 Å². The van der Waals surface area contributed by atoms with Crippen LogP contribution in [0.15, 0.2) is 42.6 Å². The number of benzene rings is 1. The molecule has 2 aromatic rings. The number of pyridine rings is 1. The lowest BCUT2D eigenvalue weighted by molar-refractivity contribution is 0.0608. The number of alkyl halides is 1. The van der Waals surface area contributed by atoms with Crippen molar-refractivity contribution in [2.24, 2.45) is 5.92 Å². The third-order valence-corrected chi connectivity index (χ3v) is 5.14. The van der Waals surface area contributed by atoms with Crippen molar-refractivity contribution in [1.82, 2.24) is 9.88 Å². The molecule has 1 aliphatic rings. The van der Waals surface area contributed by atoms with Gasteiger partial charge in [-0.05, 0) is 50.3 Å². The lowest BCUT2D eigenvalue weighted by atomic mass is 9.98. The van der Waals surface area contributed by atoms with Crippen LogP contribution in [0.5, 0.6) is 5.75 Å². The molecule has 0 unspecified atom stereocenters. The molecule has 1 aliphatic heterocycles. The molecular formula is C22H27ClN2O3. The lowest BCUT2D eigenvalue weighted by Gasteiger charge is -2.31. The standard InChI is InChI=1S/C22H27ClN2O3/c1-16(2)28-22(26)25-11-9-18(10-12-25)15-27-20-7-8-21(24-14-20)19-5-3-17(13-23)4-6-19/h3-8,14,16,18H,9-13,15H2,1-2H3. The van der Waals surface area contributed by atoms with Gasteiger partial charge < -0.3 is 14.4 Å². The highest BCUT2D eigenvalue weighted by molar-refractivity contribution is 6.17. The van der Waals surface area contributed by atoms with Crippen molar-refractivity contribution in [2.75, 3.05) is 19.7 Å². The number of rotatable bonds is 6. The number of piperidine rings is 1. The SMILES string of the molecule is CC(C)OC(=O)N1CCC(COc2ccc(-c3ccc(CCl)cc3)nc2)CC1. The molecule has 1 amide bonds. The second kappa shape index (κ2) is 9.78. The predicted molar refractivity (Wildman–Crippen MR) is 111 cm³/mol. The van der Waals surface area contributed by atoms with E-state index in [0.717, 1.165) is 48.5 Å². The van der Waals surface area contributed by atoms with Crippen molar-refractivity contribution in [2.45, 2.75) is 38.7 Å². The summed E-state index contributed by atoms with van der Waals surface area (Å²) >= 11 is 5.83. The molecule has 0 spiro atoms. The molecule has 1 fully saturated rings. The van der Waals surface area contributed by atoms with Gasteiger partial charge in [-0.3, -0.25) is 4.98 Å². The highest BCUT2D eigenvalue weighted by Gasteiger charge is 2.24. The Bertz CT molecular complexity index is 754. The minimum Gasteiger partial charge on any atom is -0.492 e. The van der Waals surface area contributed by atoms with Crippen molar-refractivity contribution in [3.8, 4) is 17.0 Å². The molecule has 5 nitrogen and oxygen atoms in total. The smallest absolute Gasteiger partial charge is 0.410 e. The molecule has 1 saturated heterocycles. The van der Waals surface area contributed by atoms with Gasteiger partial charge in [-0.25, -0.2) is 4.79 Å². The van der Waals surface area contributed by atoms with Gasteiger partial charge in [-0.2, -0.15) is 0 Å². The van der Waals surface area contributed by atoms with E-state index in [1.54, 1.807) is 11.1 Å². The number of aromatic nitrogens is 1. The summed E-state index contributed by atoms with van der Waals surface area (Å²) in [5.41, 5.74) is 3.06. The summed E-state index contributed by atoms with van der Waals surface area (Å²) in [7, 11) is 0. The van der Waals surface area contributed by atoms with E-state index in [2.05, 4.69) is 4.98 Å². The number of amides is 1. The van der Waals surface area contributed by atoms with Crippen LogP contribution >= 0.6 is 11.6 Å². The van der Waals surface area contributed by atoms with Crippen molar-refractivity contribution in [1.29, 1.82) is 0 Å². The first-order valence-corrected chi connectivity index (χ1v) is 10.3.